The van der Waals surface area contributed by atoms with E-state index in [-0.39, 0.29) is 0 Å². The van der Waals surface area contributed by atoms with Crippen LogP contribution in [0.2, 0.25) is 0 Å². The van der Waals surface area contributed by atoms with Crippen LogP contribution in [0.25, 0.3) is 0 Å². The lowest BCUT2D eigenvalue weighted by Gasteiger charge is -2.32. The average molecular weight is 412 g/mol. The van der Waals surface area contributed by atoms with Crippen LogP contribution in [0.3, 0.4) is 0 Å². The summed E-state index contributed by atoms with van der Waals surface area (Å²) in [5.74, 6) is -0.739. The fourth-order valence-corrected chi connectivity index (χ4v) is 4.14. The molecule has 1 aliphatic rings. The smallest absolute Gasteiger partial charge is 0.313 e. The van der Waals surface area contributed by atoms with Gasteiger partial charge in [0.2, 0.25) is 0 Å². The number of hydrogen-bond donors (Lipinski definition) is 2. The molecular formula is C23H29N3O2S. The van der Waals surface area contributed by atoms with Crippen LogP contribution in [0.15, 0.2) is 59.5 Å². The number of para-hydroxylation sites is 1. The third-order valence-electron chi connectivity index (χ3n) is 5.38. The molecule has 3 rings (SSSR count). The van der Waals surface area contributed by atoms with Gasteiger partial charge in [-0.25, -0.2) is 0 Å². The minimum absolute atomic E-state index is 0.429. The number of thioether (sulfide) groups is 1. The molecule has 0 aromatic heterocycles. The van der Waals surface area contributed by atoms with E-state index in [1.54, 1.807) is 0 Å². The number of rotatable bonds is 7. The lowest BCUT2D eigenvalue weighted by Crippen LogP contribution is -2.42. The molecule has 2 aromatic carbocycles. The lowest BCUT2D eigenvalue weighted by atomic mass is 9.96. The molecular weight excluding hydrogens is 382 g/mol. The van der Waals surface area contributed by atoms with E-state index in [4.69, 9.17) is 0 Å². The van der Waals surface area contributed by atoms with Crippen molar-refractivity contribution in [3.8, 4) is 0 Å². The Morgan fingerprint density at radius 2 is 1.69 bits per heavy atom. The van der Waals surface area contributed by atoms with Crippen molar-refractivity contribution in [1.29, 1.82) is 0 Å². The van der Waals surface area contributed by atoms with Crippen LogP contribution < -0.4 is 10.6 Å². The molecule has 0 saturated carbocycles. The van der Waals surface area contributed by atoms with Crippen LogP contribution >= 0.6 is 11.8 Å². The molecule has 0 unspecified atom stereocenters. The number of amides is 2. The monoisotopic (exact) mass is 411 g/mol. The third-order valence-corrected chi connectivity index (χ3v) is 6.18. The number of likely N-dealkylation sites (tertiary alicyclic amines) is 1. The second kappa shape index (κ2) is 11.0. The molecule has 2 amide bonds. The number of nitrogens with zero attached hydrogens (tertiary/aromatic N) is 1. The van der Waals surface area contributed by atoms with E-state index in [1.165, 1.54) is 17.3 Å². The largest absolute Gasteiger partial charge is 0.348 e. The molecule has 5 nitrogen and oxygen atoms in total. The standard InChI is InChI=1S/C23H29N3O2S/c1-29-21-10-6-5-9-20(21)25-23(28)22(27)24-17-19-12-15-26(16-13-19)14-11-18-7-3-2-4-8-18/h2-10,19H,11-17H2,1H3,(H,24,27)(H,25,28). The molecule has 29 heavy (non-hydrogen) atoms. The summed E-state index contributed by atoms with van der Waals surface area (Å²) in [6.45, 7) is 3.71. The number of anilines is 1. The van der Waals surface area contributed by atoms with Gasteiger partial charge >= 0.3 is 11.8 Å². The lowest BCUT2D eigenvalue weighted by molar-refractivity contribution is -0.136. The normalized spacial score (nSPS) is 15.1. The van der Waals surface area contributed by atoms with Gasteiger partial charge in [-0.2, -0.15) is 0 Å². The van der Waals surface area contributed by atoms with E-state index < -0.39 is 11.8 Å². The molecule has 1 saturated heterocycles. The van der Waals surface area contributed by atoms with E-state index in [2.05, 4.69) is 39.8 Å². The van der Waals surface area contributed by atoms with E-state index in [0.29, 0.717) is 18.2 Å². The summed E-state index contributed by atoms with van der Waals surface area (Å²) < 4.78 is 0. The van der Waals surface area contributed by atoms with Gasteiger partial charge in [-0.1, -0.05) is 42.5 Å². The van der Waals surface area contributed by atoms with Crippen molar-refractivity contribution in [3.05, 3.63) is 60.2 Å². The van der Waals surface area contributed by atoms with Crippen molar-refractivity contribution in [2.75, 3.05) is 37.8 Å². The van der Waals surface area contributed by atoms with E-state index in [1.807, 2.05) is 36.6 Å². The van der Waals surface area contributed by atoms with Gasteiger partial charge in [0.1, 0.15) is 0 Å². The van der Waals surface area contributed by atoms with Crippen molar-refractivity contribution >= 4 is 29.3 Å². The molecule has 1 aliphatic heterocycles. The van der Waals surface area contributed by atoms with Gasteiger partial charge in [0.15, 0.2) is 0 Å². The minimum Gasteiger partial charge on any atom is -0.348 e. The van der Waals surface area contributed by atoms with Gasteiger partial charge in [-0.3, -0.25) is 9.59 Å². The Labute approximate surface area is 177 Å². The Balaban J connectivity index is 1.36. The topological polar surface area (TPSA) is 61.4 Å². The highest BCUT2D eigenvalue weighted by atomic mass is 32.2. The number of carbonyl (C=O) groups is 2. The van der Waals surface area contributed by atoms with Crippen molar-refractivity contribution in [2.45, 2.75) is 24.2 Å². The predicted molar refractivity (Wildman–Crippen MR) is 119 cm³/mol. The first-order valence-corrected chi connectivity index (χ1v) is 11.4. The van der Waals surface area contributed by atoms with E-state index in [0.717, 1.165) is 43.8 Å². The number of carbonyl (C=O) groups excluding carboxylic acids is 2. The summed E-state index contributed by atoms with van der Waals surface area (Å²) in [4.78, 5) is 27.8. The molecule has 2 aromatic rings. The van der Waals surface area contributed by atoms with Crippen LogP contribution in [0.1, 0.15) is 18.4 Å². The van der Waals surface area contributed by atoms with Crippen molar-refractivity contribution in [3.63, 3.8) is 0 Å². The third kappa shape index (κ3) is 6.61. The number of nitrogens with one attached hydrogen (secondary N) is 2. The maximum atomic E-state index is 12.2. The van der Waals surface area contributed by atoms with Crippen LogP contribution in [-0.2, 0) is 16.0 Å². The molecule has 0 radical (unpaired) electrons. The average Bonchev–Trinajstić information content (AvgIpc) is 2.77. The SMILES string of the molecule is CSc1ccccc1NC(=O)C(=O)NCC1CCN(CCc2ccccc2)CC1. The summed E-state index contributed by atoms with van der Waals surface area (Å²) >= 11 is 1.54. The summed E-state index contributed by atoms with van der Waals surface area (Å²) in [5, 5.41) is 5.51. The van der Waals surface area contributed by atoms with Gasteiger partial charge in [0, 0.05) is 18.0 Å². The fourth-order valence-electron chi connectivity index (χ4n) is 3.59. The van der Waals surface area contributed by atoms with Gasteiger partial charge in [-0.15, -0.1) is 11.8 Å². The van der Waals surface area contributed by atoms with Gasteiger partial charge < -0.3 is 15.5 Å². The molecule has 1 fully saturated rings. The second-order valence-corrected chi connectivity index (χ2v) is 8.23. The highest BCUT2D eigenvalue weighted by Crippen LogP contribution is 2.24. The van der Waals surface area contributed by atoms with Gasteiger partial charge in [0.05, 0.1) is 5.69 Å². The Kier molecular flexibility index (Phi) is 8.14. The Bertz CT molecular complexity index is 805. The molecule has 154 valence electrons. The predicted octanol–water partition coefficient (Wildman–Crippen LogP) is 3.42. The van der Waals surface area contributed by atoms with Gasteiger partial charge in [0.25, 0.3) is 0 Å². The number of piperidine rings is 1. The zero-order valence-corrected chi connectivity index (χ0v) is 17.7. The Morgan fingerprint density at radius 1 is 1.00 bits per heavy atom. The number of hydrogen-bond acceptors (Lipinski definition) is 4. The molecule has 1 heterocycles. The summed E-state index contributed by atoms with van der Waals surface area (Å²) in [6.07, 6.45) is 5.11. The maximum absolute atomic E-state index is 12.2. The van der Waals surface area contributed by atoms with Crippen molar-refractivity contribution in [2.24, 2.45) is 5.92 Å². The zero-order valence-electron chi connectivity index (χ0n) is 16.9. The maximum Gasteiger partial charge on any atom is 0.313 e. The summed E-state index contributed by atoms with van der Waals surface area (Å²) in [7, 11) is 0. The van der Waals surface area contributed by atoms with E-state index >= 15 is 0 Å². The summed E-state index contributed by atoms with van der Waals surface area (Å²) in [6, 6.07) is 18.0. The molecule has 0 atom stereocenters. The Morgan fingerprint density at radius 3 is 2.41 bits per heavy atom. The first-order chi connectivity index (χ1) is 14.2. The first-order valence-electron chi connectivity index (χ1n) is 10.1. The quantitative estimate of drug-likeness (QED) is 0.541. The number of benzene rings is 2. The molecule has 0 spiro atoms. The molecule has 0 aliphatic carbocycles. The minimum atomic E-state index is -0.605. The summed E-state index contributed by atoms with van der Waals surface area (Å²) in [5.41, 5.74) is 2.04. The van der Waals surface area contributed by atoms with Crippen LogP contribution in [-0.4, -0.2) is 49.1 Å². The first kappa shape index (κ1) is 21.4. The molecule has 6 heteroatoms. The van der Waals surface area contributed by atoms with Crippen molar-refractivity contribution < 1.29 is 9.59 Å². The fraction of sp³-hybridized carbons (Fsp3) is 0.391. The van der Waals surface area contributed by atoms with Crippen molar-refractivity contribution in [1.82, 2.24) is 10.2 Å². The van der Waals surface area contributed by atoms with Crippen LogP contribution in [0, 0.1) is 5.92 Å². The van der Waals surface area contributed by atoms with Crippen LogP contribution in [0.5, 0.6) is 0 Å². The highest BCUT2D eigenvalue weighted by molar-refractivity contribution is 7.98. The highest BCUT2D eigenvalue weighted by Gasteiger charge is 2.21. The van der Waals surface area contributed by atoms with Crippen LogP contribution in [0.4, 0.5) is 5.69 Å². The van der Waals surface area contributed by atoms with Gasteiger partial charge in [-0.05, 0) is 62.2 Å². The second-order valence-electron chi connectivity index (χ2n) is 7.39. The zero-order chi connectivity index (χ0) is 20.5. The Hall–Kier alpha value is -2.31. The van der Waals surface area contributed by atoms with E-state index in [9.17, 15) is 9.59 Å². The molecule has 2 N–H and O–H groups in total. The molecule has 0 bridgehead atoms.